The van der Waals surface area contributed by atoms with Gasteiger partial charge < -0.3 is 32.6 Å². The molecule has 63 heavy (non-hydrogen) atoms. The van der Waals surface area contributed by atoms with Crippen LogP contribution in [0.15, 0.2) is 30.3 Å². The summed E-state index contributed by atoms with van der Waals surface area (Å²) in [6.07, 6.45) is 35.9. The largest absolute Gasteiger partial charge is 0.756 e. The Morgan fingerprint density at radius 2 is 0.889 bits per heavy atom. The molecule has 0 aliphatic carbocycles. The van der Waals surface area contributed by atoms with Gasteiger partial charge in [-0.15, -0.1) is 0 Å². The molecular formula is C52H96NO9P. The maximum Gasteiger partial charge on any atom is 0.306 e. The normalized spacial score (nSPS) is 13.7. The van der Waals surface area contributed by atoms with Crippen molar-refractivity contribution in [3.63, 3.8) is 0 Å². The van der Waals surface area contributed by atoms with E-state index in [1.807, 2.05) is 51.5 Å². The molecule has 0 aliphatic rings. The van der Waals surface area contributed by atoms with Crippen LogP contribution in [0.3, 0.4) is 0 Å². The highest BCUT2D eigenvalue weighted by Crippen LogP contribution is 2.39. The molecule has 0 aromatic heterocycles. The van der Waals surface area contributed by atoms with Gasteiger partial charge >= 0.3 is 11.9 Å². The standard InChI is InChI=1S/C52H96NO9P/c1-6-8-10-12-14-16-18-20-22-24-26-28-30-32-37-41-51(54)59-45-50(62-52(55)42-38-33-31-29-27-25-23-21-19-17-15-13-11-9-7-2)47-61-63(56,57)60-46-49(43-53(3,4)5)58-44-48-39-35-34-36-40-48/h34-36,39-40,49-50H,6-33,37-38,41-47H2,1-5H3. The Balaban J connectivity index is 2.49. The summed E-state index contributed by atoms with van der Waals surface area (Å²) >= 11 is 0. The molecule has 0 heterocycles. The Kier molecular flexibility index (Phi) is 38.0. The van der Waals surface area contributed by atoms with Crippen LogP contribution in [0.5, 0.6) is 0 Å². The zero-order valence-corrected chi connectivity index (χ0v) is 42.2. The molecule has 10 nitrogen and oxygen atoms in total. The van der Waals surface area contributed by atoms with Crippen molar-refractivity contribution in [2.24, 2.45) is 0 Å². The highest BCUT2D eigenvalue weighted by Gasteiger charge is 2.25. The van der Waals surface area contributed by atoms with E-state index in [1.165, 1.54) is 148 Å². The molecule has 1 aromatic carbocycles. The number of unbranched alkanes of at least 4 members (excludes halogenated alkanes) is 28. The molecule has 11 heteroatoms. The topological polar surface area (TPSA) is 120 Å². The number of carbonyl (C=O) groups is 2. The molecule has 0 spiro atoms. The fraction of sp³-hybridized carbons (Fsp3) is 0.846. The molecule has 0 saturated carbocycles. The van der Waals surface area contributed by atoms with Crippen molar-refractivity contribution in [1.82, 2.24) is 0 Å². The fourth-order valence-corrected chi connectivity index (χ4v) is 8.61. The average Bonchev–Trinajstić information content (AvgIpc) is 3.25. The van der Waals surface area contributed by atoms with Gasteiger partial charge in [0.2, 0.25) is 0 Å². The van der Waals surface area contributed by atoms with Crippen LogP contribution in [-0.2, 0) is 44.0 Å². The van der Waals surface area contributed by atoms with E-state index in [1.54, 1.807) is 0 Å². The Morgan fingerprint density at radius 3 is 1.29 bits per heavy atom. The van der Waals surface area contributed by atoms with Crippen molar-refractivity contribution in [3.05, 3.63) is 35.9 Å². The summed E-state index contributed by atoms with van der Waals surface area (Å²) in [5.74, 6) is -0.857. The quantitative estimate of drug-likeness (QED) is 0.0272. The second-order valence-corrected chi connectivity index (χ2v) is 20.5. The molecule has 3 unspecified atom stereocenters. The van der Waals surface area contributed by atoms with Crippen molar-refractivity contribution in [2.45, 2.75) is 238 Å². The summed E-state index contributed by atoms with van der Waals surface area (Å²) < 4.78 is 41.2. The van der Waals surface area contributed by atoms with Crippen LogP contribution in [0.1, 0.15) is 225 Å². The summed E-state index contributed by atoms with van der Waals surface area (Å²) in [4.78, 5) is 38.6. The SMILES string of the molecule is CCCCCCCCCCCCCCCCCC(=O)OCC(COP(=O)([O-])OCC(C[N+](C)(C)C)OCc1ccccc1)OC(=O)CCCCCCCCCCCCCCCCC. The highest BCUT2D eigenvalue weighted by atomic mass is 31.2. The van der Waals surface area contributed by atoms with Gasteiger partial charge in [-0.2, -0.15) is 0 Å². The number of hydrogen-bond donors (Lipinski definition) is 0. The van der Waals surface area contributed by atoms with E-state index in [9.17, 15) is 19.0 Å². The maximum atomic E-state index is 13.0. The minimum atomic E-state index is -4.82. The molecule has 368 valence electrons. The highest BCUT2D eigenvalue weighted by molar-refractivity contribution is 7.45. The van der Waals surface area contributed by atoms with Gasteiger partial charge in [-0.1, -0.05) is 224 Å². The summed E-state index contributed by atoms with van der Waals surface area (Å²) in [5, 5.41) is 0. The Labute approximate surface area is 386 Å². The Morgan fingerprint density at radius 1 is 0.524 bits per heavy atom. The van der Waals surface area contributed by atoms with E-state index in [0.717, 1.165) is 44.1 Å². The first-order valence-electron chi connectivity index (χ1n) is 25.8. The first-order valence-corrected chi connectivity index (χ1v) is 27.3. The molecule has 0 saturated heterocycles. The lowest BCUT2D eigenvalue weighted by atomic mass is 10.0. The van der Waals surface area contributed by atoms with Gasteiger partial charge in [-0.3, -0.25) is 14.2 Å². The van der Waals surface area contributed by atoms with Crippen LogP contribution in [0, 0.1) is 0 Å². The van der Waals surface area contributed by atoms with Crippen molar-refractivity contribution >= 4 is 19.8 Å². The molecule has 1 aromatic rings. The first-order chi connectivity index (χ1) is 30.4. The number of hydrogen-bond acceptors (Lipinski definition) is 9. The van der Waals surface area contributed by atoms with Crippen molar-refractivity contribution in [1.29, 1.82) is 0 Å². The van der Waals surface area contributed by atoms with E-state index >= 15 is 0 Å². The lowest BCUT2D eigenvalue weighted by Crippen LogP contribution is -2.44. The van der Waals surface area contributed by atoms with Crippen LogP contribution in [0.4, 0.5) is 0 Å². The van der Waals surface area contributed by atoms with E-state index in [4.69, 9.17) is 23.3 Å². The number of phosphoric ester groups is 1. The van der Waals surface area contributed by atoms with Gasteiger partial charge in [0.25, 0.3) is 7.82 Å². The fourth-order valence-electron chi connectivity index (χ4n) is 7.84. The van der Waals surface area contributed by atoms with Crippen LogP contribution in [-0.4, -0.2) is 76.1 Å². The molecule has 0 amide bonds. The van der Waals surface area contributed by atoms with Gasteiger partial charge in [0.05, 0.1) is 41.0 Å². The first kappa shape index (κ1) is 59.2. The van der Waals surface area contributed by atoms with Crippen molar-refractivity contribution < 1.29 is 46.8 Å². The minimum Gasteiger partial charge on any atom is -0.756 e. The second-order valence-electron chi connectivity index (χ2n) is 19.1. The van der Waals surface area contributed by atoms with Gasteiger partial charge in [-0.05, 0) is 18.4 Å². The predicted molar refractivity (Wildman–Crippen MR) is 257 cm³/mol. The molecular weight excluding hydrogens is 814 g/mol. The third-order valence-electron chi connectivity index (χ3n) is 11.6. The van der Waals surface area contributed by atoms with E-state index in [0.29, 0.717) is 24.1 Å². The van der Waals surface area contributed by atoms with Gasteiger partial charge in [0, 0.05) is 12.8 Å². The number of quaternary nitrogens is 1. The molecule has 3 atom stereocenters. The Bertz CT molecular complexity index is 1240. The third kappa shape index (κ3) is 40.2. The summed E-state index contributed by atoms with van der Waals surface area (Å²) in [6, 6.07) is 9.66. The van der Waals surface area contributed by atoms with Crippen LogP contribution in [0.2, 0.25) is 0 Å². The number of likely N-dealkylation sites (N-methyl/N-ethyl adjacent to an activating group) is 1. The third-order valence-corrected chi connectivity index (χ3v) is 12.5. The summed E-state index contributed by atoms with van der Waals surface area (Å²) in [7, 11) is 1.15. The summed E-state index contributed by atoms with van der Waals surface area (Å²) in [5.41, 5.74) is 0.966. The van der Waals surface area contributed by atoms with Crippen molar-refractivity contribution in [2.75, 3.05) is 47.5 Å². The van der Waals surface area contributed by atoms with Gasteiger partial charge in [-0.25, -0.2) is 0 Å². The van der Waals surface area contributed by atoms with Crippen LogP contribution >= 0.6 is 7.82 Å². The lowest BCUT2D eigenvalue weighted by Gasteiger charge is -2.31. The smallest absolute Gasteiger partial charge is 0.306 e. The number of nitrogens with zero attached hydrogens (tertiary/aromatic N) is 1. The minimum absolute atomic E-state index is 0.207. The predicted octanol–water partition coefficient (Wildman–Crippen LogP) is 13.8. The number of benzene rings is 1. The number of rotatable bonds is 46. The van der Waals surface area contributed by atoms with E-state index < -0.39 is 38.6 Å². The van der Waals surface area contributed by atoms with E-state index in [2.05, 4.69) is 13.8 Å². The number of esters is 2. The maximum absolute atomic E-state index is 13.0. The van der Waals surface area contributed by atoms with Gasteiger partial charge in [0.15, 0.2) is 6.10 Å². The van der Waals surface area contributed by atoms with Gasteiger partial charge in [0.1, 0.15) is 19.3 Å². The Hall–Kier alpha value is -1.81. The number of ether oxygens (including phenoxy) is 3. The summed E-state index contributed by atoms with van der Waals surface area (Å²) in [6.45, 7) is 4.30. The number of phosphoric acid groups is 1. The molecule has 0 radical (unpaired) electrons. The zero-order chi connectivity index (χ0) is 46.1. The second kappa shape index (κ2) is 40.5. The average molecular weight is 910 g/mol. The molecule has 0 N–H and O–H groups in total. The molecule has 0 bridgehead atoms. The molecule has 1 rings (SSSR count). The number of carbonyl (C=O) groups excluding carboxylic acids is 2. The monoisotopic (exact) mass is 910 g/mol. The molecule has 0 fully saturated rings. The zero-order valence-electron chi connectivity index (χ0n) is 41.3. The lowest BCUT2D eigenvalue weighted by molar-refractivity contribution is -0.873. The van der Waals surface area contributed by atoms with Crippen LogP contribution in [0.25, 0.3) is 0 Å². The molecule has 0 aliphatic heterocycles. The van der Waals surface area contributed by atoms with Crippen molar-refractivity contribution in [3.8, 4) is 0 Å². The van der Waals surface area contributed by atoms with E-state index in [-0.39, 0.29) is 26.1 Å². The van der Waals surface area contributed by atoms with Crippen LogP contribution < -0.4 is 4.89 Å².